The van der Waals surface area contributed by atoms with Crippen molar-refractivity contribution in [3.8, 4) is 0 Å². The molecule has 0 aliphatic heterocycles. The van der Waals surface area contributed by atoms with Gasteiger partial charge in [0.05, 0.1) is 25.4 Å². The third-order valence-corrected chi connectivity index (χ3v) is 19.4. The number of carbonyl (C=O) groups excluding carboxylic acids is 2. The van der Waals surface area contributed by atoms with E-state index in [4.69, 9.17) is 4.74 Å². The lowest BCUT2D eigenvalue weighted by Crippen LogP contribution is -2.45. The Balaban J connectivity index is 3.34. The number of aliphatic hydroxyl groups is 2. The first-order chi connectivity index (χ1) is 44.5. The van der Waals surface area contributed by atoms with Crippen LogP contribution < -0.4 is 5.32 Å². The van der Waals surface area contributed by atoms with Gasteiger partial charge in [0.25, 0.3) is 0 Å². The normalized spacial score (nSPS) is 12.6. The summed E-state index contributed by atoms with van der Waals surface area (Å²) in [5.41, 5.74) is 0. The number of nitrogens with one attached hydrogen (secondary N) is 1. The molecule has 532 valence electrons. The van der Waals surface area contributed by atoms with Crippen LogP contribution in [0.5, 0.6) is 0 Å². The molecule has 2 unspecified atom stereocenters. The second kappa shape index (κ2) is 79.5. The zero-order valence-corrected chi connectivity index (χ0v) is 61.1. The maximum Gasteiger partial charge on any atom is 0.305 e. The number of hydrogen-bond acceptors (Lipinski definition) is 5. The maximum atomic E-state index is 12.6. The third kappa shape index (κ3) is 75.1. The minimum atomic E-state index is -0.843. The summed E-state index contributed by atoms with van der Waals surface area (Å²) in [6, 6.07) is -0.626. The van der Waals surface area contributed by atoms with E-state index in [0.29, 0.717) is 19.4 Å². The fraction of sp³-hybridized carbons (Fsp3) is 0.905. The van der Waals surface area contributed by atoms with Gasteiger partial charge in [0.2, 0.25) is 5.91 Å². The number of amides is 1. The van der Waals surface area contributed by atoms with Crippen molar-refractivity contribution in [2.24, 2.45) is 0 Å². The highest BCUT2D eigenvalue weighted by Crippen LogP contribution is 2.20. The molecule has 0 aromatic heterocycles. The first-order valence-electron chi connectivity index (χ1n) is 41.3. The summed E-state index contributed by atoms with van der Waals surface area (Å²) in [5.74, 6) is -0.0405. The largest absolute Gasteiger partial charge is 0.466 e. The van der Waals surface area contributed by atoms with Gasteiger partial charge >= 0.3 is 5.97 Å². The second-order valence-electron chi connectivity index (χ2n) is 28.5. The molecule has 0 rings (SSSR count). The summed E-state index contributed by atoms with van der Waals surface area (Å²) in [7, 11) is 0. The number of aliphatic hydroxyl groups excluding tert-OH is 2. The Morgan fingerprint density at radius 2 is 0.556 bits per heavy atom. The van der Waals surface area contributed by atoms with Crippen LogP contribution >= 0.6 is 0 Å². The van der Waals surface area contributed by atoms with Crippen molar-refractivity contribution < 1.29 is 24.5 Å². The molecule has 0 radical (unpaired) electrons. The Kier molecular flexibility index (Phi) is 77.8. The van der Waals surface area contributed by atoms with E-state index in [-0.39, 0.29) is 18.5 Å². The van der Waals surface area contributed by atoms with Crippen LogP contribution in [0.15, 0.2) is 36.5 Å². The summed E-state index contributed by atoms with van der Waals surface area (Å²) in [6.07, 6.45) is 104. The molecule has 1 amide bonds. The molecule has 2 atom stereocenters. The lowest BCUT2D eigenvalue weighted by molar-refractivity contribution is -0.143. The van der Waals surface area contributed by atoms with Crippen LogP contribution in [0.2, 0.25) is 0 Å². The Hall–Kier alpha value is -1.92. The van der Waals surface area contributed by atoms with Gasteiger partial charge in [-0.15, -0.1) is 0 Å². The van der Waals surface area contributed by atoms with Crippen LogP contribution in [-0.2, 0) is 14.3 Å². The third-order valence-electron chi connectivity index (χ3n) is 19.4. The molecule has 6 nitrogen and oxygen atoms in total. The van der Waals surface area contributed by atoms with Gasteiger partial charge in [0.15, 0.2) is 0 Å². The van der Waals surface area contributed by atoms with E-state index in [1.807, 2.05) is 6.08 Å². The van der Waals surface area contributed by atoms with Crippen molar-refractivity contribution in [2.45, 2.75) is 475 Å². The Morgan fingerprint density at radius 1 is 0.311 bits per heavy atom. The number of hydrogen-bond donors (Lipinski definition) is 3. The standard InChI is InChI=1S/C84H161NO5/c1-3-5-7-9-11-13-15-17-19-21-23-24-37-41-44-48-52-56-60-64-68-72-76-82(87)81(80-86)85-83(88)77-73-69-65-61-57-53-49-45-42-38-35-33-31-29-27-25-26-28-30-32-34-36-39-43-47-51-55-59-63-67-71-75-79-90-84(89)78-74-70-66-62-58-54-50-46-40-22-20-18-16-14-12-10-8-6-4-2/h12,14,18,20,72,76,81-82,86-87H,3-11,13,15-17,19,21-71,73-75,77-80H2,1-2H3,(H,85,88)/b14-12-,20-18-,76-72+. The van der Waals surface area contributed by atoms with Gasteiger partial charge in [-0.05, 0) is 64.2 Å². The molecule has 0 aliphatic carbocycles. The van der Waals surface area contributed by atoms with Gasteiger partial charge in [0, 0.05) is 12.8 Å². The van der Waals surface area contributed by atoms with Crippen LogP contribution in [-0.4, -0.2) is 47.4 Å². The molecular formula is C84H161NO5. The predicted molar refractivity (Wildman–Crippen MR) is 398 cm³/mol. The van der Waals surface area contributed by atoms with Crippen molar-refractivity contribution in [1.82, 2.24) is 5.32 Å². The Bertz CT molecular complexity index is 1460. The van der Waals surface area contributed by atoms with Gasteiger partial charge < -0.3 is 20.3 Å². The average molecular weight is 1270 g/mol. The molecule has 0 spiro atoms. The summed E-state index contributed by atoms with van der Waals surface area (Å²) in [4.78, 5) is 24.7. The molecule has 0 bridgehead atoms. The molecule has 0 heterocycles. The fourth-order valence-electron chi connectivity index (χ4n) is 13.1. The van der Waals surface area contributed by atoms with Crippen molar-refractivity contribution in [3.63, 3.8) is 0 Å². The number of esters is 1. The Labute approximate surface area is 564 Å². The van der Waals surface area contributed by atoms with Gasteiger partial charge in [-0.3, -0.25) is 9.59 Å². The molecule has 0 fully saturated rings. The molecule has 0 aromatic carbocycles. The number of unbranched alkanes of at least 4 members (excludes halogenated alkanes) is 63. The quantitative estimate of drug-likeness (QED) is 0.0320. The van der Waals surface area contributed by atoms with Crippen LogP contribution in [0.4, 0.5) is 0 Å². The Morgan fingerprint density at radius 3 is 0.867 bits per heavy atom. The predicted octanol–water partition coefficient (Wildman–Crippen LogP) is 27.4. The molecule has 6 heteroatoms. The van der Waals surface area contributed by atoms with Crippen molar-refractivity contribution in [2.75, 3.05) is 13.2 Å². The van der Waals surface area contributed by atoms with E-state index in [9.17, 15) is 19.8 Å². The molecule has 0 aromatic rings. The summed E-state index contributed by atoms with van der Waals surface area (Å²) >= 11 is 0. The average Bonchev–Trinajstić information content (AvgIpc) is 3.60. The first kappa shape index (κ1) is 88.1. The number of ether oxygens (including phenoxy) is 1. The maximum absolute atomic E-state index is 12.6. The topological polar surface area (TPSA) is 95.9 Å². The van der Waals surface area contributed by atoms with E-state index in [1.54, 1.807) is 6.08 Å². The SMILES string of the molecule is CCCCC/C=C\C/C=C\CCCCCCCCCCCC(=O)OCCCCCCCCCCCCCCCCCCCCCCCCCCCCCCCCCCC(=O)NC(CO)C(O)/C=C/CCCCCCCCCCCCCCCCCCCCCC. The fourth-order valence-corrected chi connectivity index (χ4v) is 13.1. The smallest absolute Gasteiger partial charge is 0.305 e. The summed E-state index contributed by atoms with van der Waals surface area (Å²) < 4.78 is 5.52. The van der Waals surface area contributed by atoms with Gasteiger partial charge in [-0.1, -0.05) is 423 Å². The van der Waals surface area contributed by atoms with E-state index < -0.39 is 12.1 Å². The van der Waals surface area contributed by atoms with E-state index in [2.05, 4.69) is 43.5 Å². The van der Waals surface area contributed by atoms with E-state index in [1.165, 1.54) is 385 Å². The molecule has 0 saturated carbocycles. The number of rotatable bonds is 78. The van der Waals surface area contributed by atoms with Crippen molar-refractivity contribution in [3.05, 3.63) is 36.5 Å². The minimum Gasteiger partial charge on any atom is -0.466 e. The van der Waals surface area contributed by atoms with Gasteiger partial charge in [-0.2, -0.15) is 0 Å². The zero-order valence-electron chi connectivity index (χ0n) is 61.1. The van der Waals surface area contributed by atoms with Crippen LogP contribution in [0.25, 0.3) is 0 Å². The summed E-state index contributed by atoms with van der Waals surface area (Å²) in [5, 5.41) is 23.3. The monoisotopic (exact) mass is 1260 g/mol. The lowest BCUT2D eigenvalue weighted by Gasteiger charge is -2.20. The second-order valence-corrected chi connectivity index (χ2v) is 28.5. The number of carbonyl (C=O) groups is 2. The minimum absolute atomic E-state index is 0.0180. The lowest BCUT2D eigenvalue weighted by atomic mass is 10.0. The first-order valence-corrected chi connectivity index (χ1v) is 41.3. The van der Waals surface area contributed by atoms with E-state index in [0.717, 1.165) is 51.4 Å². The highest BCUT2D eigenvalue weighted by Gasteiger charge is 2.18. The summed E-state index contributed by atoms with van der Waals surface area (Å²) in [6.45, 7) is 4.93. The highest BCUT2D eigenvalue weighted by molar-refractivity contribution is 5.76. The van der Waals surface area contributed by atoms with E-state index >= 15 is 0 Å². The van der Waals surface area contributed by atoms with Crippen molar-refractivity contribution in [1.29, 1.82) is 0 Å². The number of allylic oxidation sites excluding steroid dienone is 5. The van der Waals surface area contributed by atoms with Crippen LogP contribution in [0, 0.1) is 0 Å². The molecular weight excluding hydrogens is 1100 g/mol. The molecule has 0 saturated heterocycles. The highest BCUT2D eigenvalue weighted by atomic mass is 16.5. The van der Waals surface area contributed by atoms with Gasteiger partial charge in [-0.25, -0.2) is 0 Å². The van der Waals surface area contributed by atoms with Crippen molar-refractivity contribution >= 4 is 11.9 Å². The molecule has 3 N–H and O–H groups in total. The molecule has 0 aliphatic rings. The zero-order chi connectivity index (χ0) is 64.9. The molecule has 90 heavy (non-hydrogen) atoms. The van der Waals surface area contributed by atoms with Gasteiger partial charge in [0.1, 0.15) is 0 Å². The van der Waals surface area contributed by atoms with Crippen LogP contribution in [0.1, 0.15) is 463 Å². The van der Waals surface area contributed by atoms with Crippen LogP contribution in [0.3, 0.4) is 0 Å².